The normalized spacial score (nSPS) is 13.0. The van der Waals surface area contributed by atoms with E-state index in [1.54, 1.807) is 6.92 Å². The lowest BCUT2D eigenvalue weighted by Gasteiger charge is -2.07. The largest absolute Gasteiger partial charge is 0.388 e. The summed E-state index contributed by atoms with van der Waals surface area (Å²) in [5, 5.41) is 20.3. The zero-order valence-corrected chi connectivity index (χ0v) is 11.7. The lowest BCUT2D eigenvalue weighted by atomic mass is 10.3. The zero-order valence-electron chi connectivity index (χ0n) is 10.0. The van der Waals surface area contributed by atoms with Crippen LogP contribution in [0.15, 0.2) is 10.3 Å². The summed E-state index contributed by atoms with van der Waals surface area (Å²) in [7, 11) is 3.93. The van der Waals surface area contributed by atoms with E-state index in [4.69, 9.17) is 0 Å². The minimum atomic E-state index is -0.651. The molecule has 96 valence electrons. The third-order valence-corrected chi connectivity index (χ3v) is 4.63. The predicted molar refractivity (Wildman–Crippen MR) is 70.9 cm³/mol. The summed E-state index contributed by atoms with van der Waals surface area (Å²) in [4.78, 5) is 13.1. The first-order valence-electron chi connectivity index (χ1n) is 5.15. The van der Waals surface area contributed by atoms with Crippen molar-refractivity contribution in [3.8, 4) is 0 Å². The van der Waals surface area contributed by atoms with E-state index in [1.165, 1.54) is 29.2 Å². The van der Waals surface area contributed by atoms with Gasteiger partial charge in [-0.3, -0.25) is 10.1 Å². The SMILES string of the molecule is C[C@H](O)c1cc([N+](=O)[O-])c(SCCN(C)C)s1. The quantitative estimate of drug-likeness (QED) is 0.491. The third-order valence-electron chi connectivity index (χ3n) is 2.08. The maximum atomic E-state index is 10.9. The van der Waals surface area contributed by atoms with Crippen LogP contribution in [0.25, 0.3) is 0 Å². The molecule has 1 heterocycles. The van der Waals surface area contributed by atoms with Gasteiger partial charge >= 0.3 is 0 Å². The van der Waals surface area contributed by atoms with E-state index in [0.29, 0.717) is 9.09 Å². The number of hydrogen-bond acceptors (Lipinski definition) is 6. The van der Waals surface area contributed by atoms with Crippen molar-refractivity contribution in [1.29, 1.82) is 0 Å². The molecule has 0 saturated carbocycles. The van der Waals surface area contributed by atoms with Crippen molar-refractivity contribution >= 4 is 28.8 Å². The molecule has 0 aliphatic carbocycles. The first-order valence-corrected chi connectivity index (χ1v) is 6.95. The molecule has 1 N–H and O–H groups in total. The van der Waals surface area contributed by atoms with E-state index < -0.39 is 6.10 Å². The fourth-order valence-corrected chi connectivity index (χ4v) is 3.63. The van der Waals surface area contributed by atoms with Crippen molar-refractivity contribution in [2.45, 2.75) is 17.2 Å². The van der Waals surface area contributed by atoms with Gasteiger partial charge in [0, 0.05) is 23.2 Å². The van der Waals surface area contributed by atoms with Crippen molar-refractivity contribution in [1.82, 2.24) is 4.90 Å². The molecule has 7 heteroatoms. The highest BCUT2D eigenvalue weighted by Crippen LogP contribution is 2.39. The molecule has 5 nitrogen and oxygen atoms in total. The number of nitrogens with zero attached hydrogens (tertiary/aromatic N) is 2. The van der Waals surface area contributed by atoms with E-state index in [1.807, 2.05) is 19.0 Å². The summed E-state index contributed by atoms with van der Waals surface area (Å²) in [6.07, 6.45) is -0.651. The van der Waals surface area contributed by atoms with Crippen molar-refractivity contribution < 1.29 is 10.0 Å². The van der Waals surface area contributed by atoms with E-state index in [-0.39, 0.29) is 10.6 Å². The van der Waals surface area contributed by atoms with Crippen LogP contribution in [0.3, 0.4) is 0 Å². The number of aliphatic hydroxyl groups is 1. The molecular formula is C10H16N2O3S2. The molecule has 1 aromatic rings. The van der Waals surface area contributed by atoms with Gasteiger partial charge in [0.2, 0.25) is 0 Å². The zero-order chi connectivity index (χ0) is 13.0. The van der Waals surface area contributed by atoms with Crippen LogP contribution in [0.2, 0.25) is 0 Å². The summed E-state index contributed by atoms with van der Waals surface area (Å²) in [5.41, 5.74) is 0.106. The minimum Gasteiger partial charge on any atom is -0.388 e. The molecule has 0 unspecified atom stereocenters. The van der Waals surface area contributed by atoms with Gasteiger partial charge < -0.3 is 10.0 Å². The fourth-order valence-electron chi connectivity index (χ4n) is 1.14. The van der Waals surface area contributed by atoms with E-state index in [9.17, 15) is 15.2 Å². The van der Waals surface area contributed by atoms with Gasteiger partial charge in [0.1, 0.15) is 4.21 Å². The first-order chi connectivity index (χ1) is 7.91. The Hall–Kier alpha value is -0.630. The van der Waals surface area contributed by atoms with Crippen molar-refractivity contribution in [3.05, 3.63) is 21.1 Å². The molecule has 1 rings (SSSR count). The van der Waals surface area contributed by atoms with Crippen molar-refractivity contribution in [2.75, 3.05) is 26.4 Å². The second kappa shape index (κ2) is 6.34. The van der Waals surface area contributed by atoms with Crippen LogP contribution in [0, 0.1) is 10.1 Å². The van der Waals surface area contributed by atoms with Crippen LogP contribution in [-0.2, 0) is 0 Å². The molecule has 17 heavy (non-hydrogen) atoms. The standard InChI is InChI=1S/C10H16N2O3S2/c1-7(13)9-6-8(12(14)15)10(17-9)16-5-4-11(2)3/h6-7,13H,4-5H2,1-3H3/t7-/m0/s1. The lowest BCUT2D eigenvalue weighted by molar-refractivity contribution is -0.387. The lowest BCUT2D eigenvalue weighted by Crippen LogP contribution is -2.14. The molecule has 0 spiro atoms. The van der Waals surface area contributed by atoms with E-state index in [0.717, 1.165) is 12.3 Å². The minimum absolute atomic E-state index is 0.106. The summed E-state index contributed by atoms with van der Waals surface area (Å²) in [5.74, 6) is 0.799. The highest BCUT2D eigenvalue weighted by Gasteiger charge is 2.21. The van der Waals surface area contributed by atoms with E-state index in [2.05, 4.69) is 0 Å². The van der Waals surface area contributed by atoms with Gasteiger partial charge in [-0.15, -0.1) is 23.1 Å². The monoisotopic (exact) mass is 276 g/mol. The van der Waals surface area contributed by atoms with Crippen LogP contribution in [0.5, 0.6) is 0 Å². The van der Waals surface area contributed by atoms with Crippen LogP contribution in [0.1, 0.15) is 17.9 Å². The van der Waals surface area contributed by atoms with E-state index >= 15 is 0 Å². The highest BCUT2D eigenvalue weighted by molar-refractivity contribution is 8.01. The van der Waals surface area contributed by atoms with Crippen LogP contribution in [-0.4, -0.2) is 41.3 Å². The number of aliphatic hydroxyl groups excluding tert-OH is 1. The maximum Gasteiger partial charge on any atom is 0.294 e. The molecule has 0 radical (unpaired) electrons. The second-order valence-electron chi connectivity index (χ2n) is 3.91. The molecule has 0 aliphatic rings. The van der Waals surface area contributed by atoms with Gasteiger partial charge in [0.25, 0.3) is 5.69 Å². The number of thiophene rings is 1. The smallest absolute Gasteiger partial charge is 0.294 e. The van der Waals surface area contributed by atoms with Gasteiger partial charge in [0.05, 0.1) is 11.0 Å². The van der Waals surface area contributed by atoms with Crippen LogP contribution in [0.4, 0.5) is 5.69 Å². The Morgan fingerprint density at radius 1 is 1.65 bits per heavy atom. The Morgan fingerprint density at radius 3 is 2.76 bits per heavy atom. The maximum absolute atomic E-state index is 10.9. The van der Waals surface area contributed by atoms with Gasteiger partial charge in [0.15, 0.2) is 0 Å². The molecule has 0 fully saturated rings. The molecular weight excluding hydrogens is 260 g/mol. The Balaban J connectivity index is 2.78. The first kappa shape index (κ1) is 14.4. The number of thioether (sulfide) groups is 1. The Bertz CT molecular complexity index is 391. The Kier molecular flexibility index (Phi) is 5.38. The second-order valence-corrected chi connectivity index (χ2v) is 6.35. The highest BCUT2D eigenvalue weighted by atomic mass is 32.2. The topological polar surface area (TPSA) is 66.6 Å². The molecule has 0 saturated heterocycles. The van der Waals surface area contributed by atoms with Crippen molar-refractivity contribution in [3.63, 3.8) is 0 Å². The Labute approximate surface area is 109 Å². The summed E-state index contributed by atoms with van der Waals surface area (Å²) in [6, 6.07) is 1.47. The van der Waals surface area contributed by atoms with Gasteiger partial charge in [-0.05, 0) is 21.0 Å². The number of nitro groups is 1. The molecule has 0 aromatic carbocycles. The van der Waals surface area contributed by atoms with Gasteiger partial charge in [-0.2, -0.15) is 0 Å². The number of hydrogen-bond donors (Lipinski definition) is 1. The predicted octanol–water partition coefficient (Wildman–Crippen LogP) is 2.36. The average molecular weight is 276 g/mol. The summed E-state index contributed by atoms with van der Waals surface area (Å²) >= 11 is 2.77. The third kappa shape index (κ3) is 4.27. The van der Waals surface area contributed by atoms with Gasteiger partial charge in [-0.25, -0.2) is 0 Å². The average Bonchev–Trinajstić information content (AvgIpc) is 2.61. The van der Waals surface area contributed by atoms with Crippen LogP contribution >= 0.6 is 23.1 Å². The molecule has 0 bridgehead atoms. The molecule has 1 aromatic heterocycles. The molecule has 1 atom stereocenters. The van der Waals surface area contributed by atoms with Crippen LogP contribution < -0.4 is 0 Å². The fraction of sp³-hybridized carbons (Fsp3) is 0.600. The summed E-state index contributed by atoms with van der Waals surface area (Å²) < 4.78 is 0.674. The Morgan fingerprint density at radius 2 is 2.29 bits per heavy atom. The summed E-state index contributed by atoms with van der Waals surface area (Å²) in [6.45, 7) is 2.48. The molecule has 0 aliphatic heterocycles. The number of rotatable bonds is 6. The molecule has 0 amide bonds. The van der Waals surface area contributed by atoms with Crippen molar-refractivity contribution in [2.24, 2.45) is 0 Å². The van der Waals surface area contributed by atoms with Gasteiger partial charge in [-0.1, -0.05) is 0 Å².